The molecule has 0 amide bonds. The Bertz CT molecular complexity index is 1030. The molecular formula is C22H23NO4. The van der Waals surface area contributed by atoms with Gasteiger partial charge in [-0.25, -0.2) is 0 Å². The summed E-state index contributed by atoms with van der Waals surface area (Å²) >= 11 is 0. The zero-order chi connectivity index (χ0) is 20.0. The second-order valence-corrected chi connectivity index (χ2v) is 5.44. The van der Waals surface area contributed by atoms with Crippen molar-refractivity contribution >= 4 is 16.7 Å². The number of benzene rings is 2. The van der Waals surface area contributed by atoms with E-state index in [-0.39, 0.29) is 27.9 Å². The van der Waals surface area contributed by atoms with E-state index < -0.39 is 0 Å². The SMILES string of the molecule is C=CN/C(=C\C)c1ccc(-c2coc3cc(O)cc(O)c3c2=O)cc1.CC. The second-order valence-electron chi connectivity index (χ2n) is 5.44. The van der Waals surface area contributed by atoms with Gasteiger partial charge in [0, 0.05) is 17.8 Å². The van der Waals surface area contributed by atoms with E-state index >= 15 is 0 Å². The molecule has 0 unspecified atom stereocenters. The Morgan fingerprint density at radius 1 is 1.15 bits per heavy atom. The fourth-order valence-electron chi connectivity index (χ4n) is 2.69. The topological polar surface area (TPSA) is 82.7 Å². The predicted octanol–water partition coefficient (Wildman–Crippen LogP) is 4.99. The molecule has 0 spiro atoms. The second kappa shape index (κ2) is 8.76. The summed E-state index contributed by atoms with van der Waals surface area (Å²) < 4.78 is 5.42. The van der Waals surface area contributed by atoms with E-state index in [4.69, 9.17) is 4.42 Å². The number of nitrogens with one attached hydrogen (secondary N) is 1. The van der Waals surface area contributed by atoms with Gasteiger partial charge in [0.1, 0.15) is 28.7 Å². The van der Waals surface area contributed by atoms with Crippen LogP contribution in [0, 0.1) is 0 Å². The Kier molecular flexibility index (Phi) is 6.44. The molecule has 2 aromatic carbocycles. The molecule has 0 saturated heterocycles. The van der Waals surface area contributed by atoms with Crippen LogP contribution in [-0.4, -0.2) is 10.2 Å². The first-order chi connectivity index (χ1) is 13.0. The van der Waals surface area contributed by atoms with Crippen molar-refractivity contribution in [1.82, 2.24) is 5.32 Å². The number of fused-ring (bicyclic) bond motifs is 1. The van der Waals surface area contributed by atoms with Gasteiger partial charge in [0.15, 0.2) is 0 Å². The standard InChI is InChI=1S/C20H17NO4.C2H6/c1-3-16(21-4-2)13-7-5-12(6-8-13)15-11-25-18-10-14(22)9-17(23)19(18)20(15)24;1-2/h3-11,21-23H,2H2,1H3;1-2H3/b16-3-;. The maximum Gasteiger partial charge on any atom is 0.204 e. The van der Waals surface area contributed by atoms with Crippen LogP contribution < -0.4 is 10.7 Å². The molecule has 3 N–H and O–H groups in total. The van der Waals surface area contributed by atoms with Crippen molar-refractivity contribution in [2.45, 2.75) is 20.8 Å². The maximum absolute atomic E-state index is 12.7. The number of aromatic hydroxyl groups is 2. The molecule has 140 valence electrons. The average Bonchev–Trinajstić information content (AvgIpc) is 2.68. The highest BCUT2D eigenvalue weighted by Gasteiger charge is 2.14. The summed E-state index contributed by atoms with van der Waals surface area (Å²) in [6.07, 6.45) is 4.85. The summed E-state index contributed by atoms with van der Waals surface area (Å²) in [4.78, 5) is 12.7. The van der Waals surface area contributed by atoms with Crippen LogP contribution in [0.2, 0.25) is 0 Å². The van der Waals surface area contributed by atoms with Crippen molar-refractivity contribution in [2.24, 2.45) is 0 Å². The van der Waals surface area contributed by atoms with Crippen LogP contribution in [0.5, 0.6) is 11.5 Å². The fraction of sp³-hybridized carbons (Fsp3) is 0.136. The van der Waals surface area contributed by atoms with E-state index in [0.717, 1.165) is 17.3 Å². The van der Waals surface area contributed by atoms with Gasteiger partial charge in [0.25, 0.3) is 0 Å². The molecule has 0 saturated carbocycles. The fourth-order valence-corrected chi connectivity index (χ4v) is 2.69. The van der Waals surface area contributed by atoms with Crippen LogP contribution in [0.4, 0.5) is 0 Å². The first-order valence-electron chi connectivity index (χ1n) is 8.67. The lowest BCUT2D eigenvalue weighted by atomic mass is 10.0. The monoisotopic (exact) mass is 365 g/mol. The van der Waals surface area contributed by atoms with E-state index in [1.807, 2.05) is 39.0 Å². The quantitative estimate of drug-likeness (QED) is 0.607. The first kappa shape index (κ1) is 19.8. The van der Waals surface area contributed by atoms with Crippen LogP contribution in [0.15, 0.2) is 70.7 Å². The van der Waals surface area contributed by atoms with Crippen molar-refractivity contribution in [1.29, 1.82) is 0 Å². The summed E-state index contributed by atoms with van der Waals surface area (Å²) in [5, 5.41) is 22.6. The number of hydrogen-bond donors (Lipinski definition) is 3. The smallest absolute Gasteiger partial charge is 0.204 e. The molecule has 27 heavy (non-hydrogen) atoms. The van der Waals surface area contributed by atoms with Crippen LogP contribution in [0.25, 0.3) is 27.8 Å². The van der Waals surface area contributed by atoms with E-state index in [2.05, 4.69) is 11.9 Å². The van der Waals surface area contributed by atoms with Gasteiger partial charge in [0.05, 0.1) is 5.56 Å². The lowest BCUT2D eigenvalue weighted by molar-refractivity contribution is 0.452. The number of rotatable bonds is 4. The van der Waals surface area contributed by atoms with Crippen LogP contribution in [0.3, 0.4) is 0 Å². The largest absolute Gasteiger partial charge is 0.508 e. The highest BCUT2D eigenvalue weighted by molar-refractivity contribution is 5.88. The summed E-state index contributed by atoms with van der Waals surface area (Å²) in [7, 11) is 0. The van der Waals surface area contributed by atoms with E-state index in [1.54, 1.807) is 18.3 Å². The van der Waals surface area contributed by atoms with Crippen molar-refractivity contribution in [2.75, 3.05) is 0 Å². The maximum atomic E-state index is 12.7. The van der Waals surface area contributed by atoms with Gasteiger partial charge in [0.2, 0.25) is 5.43 Å². The molecule has 3 aromatic rings. The molecule has 0 aliphatic carbocycles. The zero-order valence-electron chi connectivity index (χ0n) is 15.6. The van der Waals surface area contributed by atoms with Gasteiger partial charge in [-0.3, -0.25) is 4.79 Å². The van der Waals surface area contributed by atoms with Gasteiger partial charge in [-0.2, -0.15) is 0 Å². The summed E-state index contributed by atoms with van der Waals surface area (Å²) in [6.45, 7) is 9.56. The van der Waals surface area contributed by atoms with Gasteiger partial charge in [-0.05, 0) is 24.3 Å². The Morgan fingerprint density at radius 3 is 2.41 bits per heavy atom. The average molecular weight is 365 g/mol. The lowest BCUT2D eigenvalue weighted by Gasteiger charge is -2.09. The van der Waals surface area contributed by atoms with Gasteiger partial charge >= 0.3 is 0 Å². The highest BCUT2D eigenvalue weighted by Crippen LogP contribution is 2.29. The Labute approximate surface area is 157 Å². The third-order valence-electron chi connectivity index (χ3n) is 3.89. The van der Waals surface area contributed by atoms with Crippen molar-refractivity contribution in [3.05, 3.63) is 77.3 Å². The van der Waals surface area contributed by atoms with E-state index in [1.165, 1.54) is 12.3 Å². The Morgan fingerprint density at radius 2 is 1.81 bits per heavy atom. The van der Waals surface area contributed by atoms with E-state index in [9.17, 15) is 15.0 Å². The molecular weight excluding hydrogens is 342 g/mol. The first-order valence-corrected chi connectivity index (χ1v) is 8.67. The summed E-state index contributed by atoms with van der Waals surface area (Å²) in [5.74, 6) is -0.479. The number of allylic oxidation sites excluding steroid dienone is 1. The zero-order valence-corrected chi connectivity index (χ0v) is 15.6. The lowest BCUT2D eigenvalue weighted by Crippen LogP contribution is -2.06. The molecule has 0 fully saturated rings. The normalized spacial score (nSPS) is 10.9. The van der Waals surface area contributed by atoms with Crippen molar-refractivity contribution < 1.29 is 14.6 Å². The molecule has 0 aliphatic rings. The predicted molar refractivity (Wildman–Crippen MR) is 110 cm³/mol. The third-order valence-corrected chi connectivity index (χ3v) is 3.89. The molecule has 0 bridgehead atoms. The Balaban J connectivity index is 0.00000126. The molecule has 5 nitrogen and oxygen atoms in total. The number of phenolic OH excluding ortho intramolecular Hbond substituents is 2. The minimum Gasteiger partial charge on any atom is -0.508 e. The van der Waals surface area contributed by atoms with E-state index in [0.29, 0.717) is 11.1 Å². The third kappa shape index (κ3) is 4.03. The molecule has 1 aromatic heterocycles. The molecule has 0 aliphatic heterocycles. The van der Waals surface area contributed by atoms with Crippen LogP contribution in [-0.2, 0) is 0 Å². The molecule has 3 rings (SSSR count). The Hall–Kier alpha value is -3.47. The van der Waals surface area contributed by atoms with Crippen molar-refractivity contribution in [3.8, 4) is 22.6 Å². The van der Waals surface area contributed by atoms with Gasteiger partial charge < -0.3 is 19.9 Å². The summed E-state index contributed by atoms with van der Waals surface area (Å²) in [6, 6.07) is 9.77. The molecule has 5 heteroatoms. The van der Waals surface area contributed by atoms with Gasteiger partial charge in [-0.15, -0.1) is 0 Å². The number of phenols is 2. The minimum atomic E-state index is -0.359. The van der Waals surface area contributed by atoms with Crippen LogP contribution >= 0.6 is 0 Å². The highest BCUT2D eigenvalue weighted by atomic mass is 16.3. The van der Waals surface area contributed by atoms with Crippen LogP contribution in [0.1, 0.15) is 26.3 Å². The molecule has 0 radical (unpaired) electrons. The number of hydrogen-bond acceptors (Lipinski definition) is 5. The summed E-state index contributed by atoms with van der Waals surface area (Å²) in [5.41, 5.74) is 2.63. The molecule has 0 atom stereocenters. The van der Waals surface area contributed by atoms with Crippen molar-refractivity contribution in [3.63, 3.8) is 0 Å². The minimum absolute atomic E-state index is 0.0434. The molecule has 1 heterocycles. The van der Waals surface area contributed by atoms with Gasteiger partial charge in [-0.1, -0.05) is 50.8 Å².